The van der Waals surface area contributed by atoms with Crippen molar-refractivity contribution in [3.63, 3.8) is 0 Å². The zero-order valence-corrected chi connectivity index (χ0v) is 19.3. The highest BCUT2D eigenvalue weighted by Gasteiger charge is 2.13. The van der Waals surface area contributed by atoms with Gasteiger partial charge >= 0.3 is 0 Å². The van der Waals surface area contributed by atoms with Crippen LogP contribution < -0.4 is 16.0 Å². The van der Waals surface area contributed by atoms with Crippen molar-refractivity contribution in [3.8, 4) is 11.1 Å². The molecule has 180 valence electrons. The molecule has 0 aliphatic heterocycles. The summed E-state index contributed by atoms with van der Waals surface area (Å²) in [5, 5.41) is 11.3. The van der Waals surface area contributed by atoms with Gasteiger partial charge in [-0.05, 0) is 41.5 Å². The third-order valence-corrected chi connectivity index (χ3v) is 5.23. The van der Waals surface area contributed by atoms with Crippen LogP contribution in [0, 0.1) is 10.7 Å². The summed E-state index contributed by atoms with van der Waals surface area (Å²) in [5.74, 6) is 1.24. The Morgan fingerprint density at radius 2 is 1.82 bits per heavy atom. The zero-order valence-electron chi connectivity index (χ0n) is 19.3. The molecule has 1 aromatic heterocycles. The minimum atomic E-state index is -0.674. The number of amides is 1. The number of nitrogens with zero attached hydrogens (tertiary/aromatic N) is 1. The molecule has 0 saturated heterocycles. The number of carbonyl (C=O) groups excluding carboxylic acids is 1. The van der Waals surface area contributed by atoms with Crippen molar-refractivity contribution in [3.05, 3.63) is 82.4 Å². The van der Waals surface area contributed by atoms with Gasteiger partial charge in [0.15, 0.2) is 11.4 Å². The van der Waals surface area contributed by atoms with E-state index < -0.39 is 6.10 Å². The summed E-state index contributed by atoms with van der Waals surface area (Å²) >= 11 is 0. The number of halogens is 1. The lowest BCUT2D eigenvalue weighted by Crippen LogP contribution is -2.35. The molecule has 3 N–H and O–H groups in total. The van der Waals surface area contributed by atoms with Gasteiger partial charge in [0.25, 0.3) is 0 Å². The maximum absolute atomic E-state index is 14.8. The zero-order chi connectivity index (χ0) is 24.3. The fourth-order valence-electron chi connectivity index (χ4n) is 3.40. The SMILES string of the molecule is CCc1ccc(CNCc2ccc(-c3ccc(NCC(CNC(C)=O)ON=O)cc3F)cc2)o1. The van der Waals surface area contributed by atoms with E-state index in [-0.39, 0.29) is 24.8 Å². The average molecular weight is 469 g/mol. The predicted molar refractivity (Wildman–Crippen MR) is 128 cm³/mol. The molecule has 1 heterocycles. The Morgan fingerprint density at radius 1 is 1.06 bits per heavy atom. The van der Waals surface area contributed by atoms with Gasteiger partial charge < -0.3 is 25.2 Å². The van der Waals surface area contributed by atoms with E-state index in [4.69, 9.17) is 9.25 Å². The van der Waals surface area contributed by atoms with Gasteiger partial charge in [0.05, 0.1) is 19.6 Å². The van der Waals surface area contributed by atoms with Gasteiger partial charge in [0.2, 0.25) is 5.91 Å². The van der Waals surface area contributed by atoms with Crippen LogP contribution in [0.4, 0.5) is 10.1 Å². The first kappa shape index (κ1) is 24.9. The van der Waals surface area contributed by atoms with E-state index in [9.17, 15) is 14.1 Å². The van der Waals surface area contributed by atoms with Crippen LogP contribution >= 0.6 is 0 Å². The highest BCUT2D eigenvalue weighted by molar-refractivity contribution is 5.72. The van der Waals surface area contributed by atoms with Crippen molar-refractivity contribution in [1.29, 1.82) is 0 Å². The van der Waals surface area contributed by atoms with Crippen LogP contribution in [0.25, 0.3) is 11.1 Å². The molecule has 1 atom stereocenters. The molecule has 2 aromatic carbocycles. The molecule has 3 aromatic rings. The van der Waals surface area contributed by atoms with Gasteiger partial charge in [0.1, 0.15) is 17.3 Å². The summed E-state index contributed by atoms with van der Waals surface area (Å²) < 4.78 is 20.4. The van der Waals surface area contributed by atoms with Crippen molar-refractivity contribution in [2.75, 3.05) is 18.4 Å². The van der Waals surface area contributed by atoms with E-state index in [0.717, 1.165) is 29.1 Å². The van der Waals surface area contributed by atoms with Crippen molar-refractivity contribution in [1.82, 2.24) is 10.6 Å². The summed E-state index contributed by atoms with van der Waals surface area (Å²) in [6.07, 6.45) is 0.201. The standard InChI is InChI=1S/C25H29FN4O4/c1-3-21-9-10-22(33-21)14-27-13-18-4-6-19(7-5-18)24-11-8-20(12-25(24)26)29-16-23(34-30-32)15-28-17(2)31/h4-12,23,27,29H,3,13-16H2,1-2H3,(H,28,31). The molecule has 0 fully saturated rings. The normalized spacial score (nSPS) is 11.6. The second kappa shape index (κ2) is 12.5. The molecule has 0 saturated carbocycles. The highest BCUT2D eigenvalue weighted by atomic mass is 19.1. The number of rotatable bonds is 13. The lowest BCUT2D eigenvalue weighted by atomic mass is 10.0. The lowest BCUT2D eigenvalue weighted by molar-refractivity contribution is -0.119. The quantitative estimate of drug-likeness (QED) is 0.251. The van der Waals surface area contributed by atoms with Crippen LogP contribution in [0.15, 0.2) is 64.4 Å². The fraction of sp³-hybridized carbons (Fsp3) is 0.320. The van der Waals surface area contributed by atoms with Crippen LogP contribution in [0.3, 0.4) is 0 Å². The van der Waals surface area contributed by atoms with E-state index in [2.05, 4.69) is 28.2 Å². The first-order valence-corrected chi connectivity index (χ1v) is 11.1. The van der Waals surface area contributed by atoms with E-state index in [1.54, 1.807) is 12.1 Å². The summed E-state index contributed by atoms with van der Waals surface area (Å²) in [7, 11) is 0. The smallest absolute Gasteiger partial charge is 0.217 e. The number of hydrogen-bond donors (Lipinski definition) is 3. The van der Waals surface area contributed by atoms with E-state index in [1.165, 1.54) is 13.0 Å². The van der Waals surface area contributed by atoms with E-state index in [0.29, 0.717) is 24.3 Å². The van der Waals surface area contributed by atoms with Crippen LogP contribution in [0.5, 0.6) is 0 Å². The Labute approximate surface area is 197 Å². The van der Waals surface area contributed by atoms with Crippen molar-refractivity contribution >= 4 is 11.6 Å². The molecule has 0 bridgehead atoms. The Balaban J connectivity index is 1.54. The number of carbonyl (C=O) groups is 1. The van der Waals surface area contributed by atoms with E-state index in [1.807, 2.05) is 36.4 Å². The van der Waals surface area contributed by atoms with Gasteiger partial charge in [-0.1, -0.05) is 31.2 Å². The molecule has 0 aliphatic carbocycles. The summed E-state index contributed by atoms with van der Waals surface area (Å²) in [5.41, 5.74) is 2.85. The van der Waals surface area contributed by atoms with Crippen LogP contribution in [0.2, 0.25) is 0 Å². The van der Waals surface area contributed by atoms with Crippen molar-refractivity contribution < 1.29 is 18.4 Å². The van der Waals surface area contributed by atoms with Gasteiger partial charge in [-0.2, -0.15) is 0 Å². The molecule has 0 spiro atoms. The molecular formula is C25H29FN4O4. The average Bonchev–Trinajstić information content (AvgIpc) is 3.29. The monoisotopic (exact) mass is 468 g/mol. The maximum atomic E-state index is 14.8. The molecule has 3 rings (SSSR count). The van der Waals surface area contributed by atoms with Crippen molar-refractivity contribution in [2.45, 2.75) is 39.5 Å². The van der Waals surface area contributed by atoms with Crippen LogP contribution in [-0.2, 0) is 29.1 Å². The molecule has 34 heavy (non-hydrogen) atoms. The number of hydrogen-bond acceptors (Lipinski definition) is 7. The van der Waals surface area contributed by atoms with Crippen LogP contribution in [0.1, 0.15) is 30.9 Å². The second-order valence-electron chi connectivity index (χ2n) is 7.84. The summed E-state index contributed by atoms with van der Waals surface area (Å²) in [6, 6.07) is 16.5. The van der Waals surface area contributed by atoms with E-state index >= 15 is 0 Å². The molecule has 1 amide bonds. The van der Waals surface area contributed by atoms with Crippen molar-refractivity contribution in [2.24, 2.45) is 5.34 Å². The molecule has 0 radical (unpaired) electrons. The van der Waals surface area contributed by atoms with Gasteiger partial charge in [-0.25, -0.2) is 4.39 Å². The lowest BCUT2D eigenvalue weighted by Gasteiger charge is -2.15. The first-order valence-electron chi connectivity index (χ1n) is 11.1. The number of benzene rings is 2. The molecule has 0 aliphatic rings. The summed E-state index contributed by atoms with van der Waals surface area (Å²) in [4.78, 5) is 26.1. The third kappa shape index (κ3) is 7.41. The van der Waals surface area contributed by atoms with Crippen LogP contribution in [-0.4, -0.2) is 25.1 Å². The number of anilines is 1. The molecule has 8 nitrogen and oxygen atoms in total. The molecule has 9 heteroatoms. The Bertz CT molecular complexity index is 1080. The maximum Gasteiger partial charge on any atom is 0.217 e. The highest BCUT2D eigenvalue weighted by Crippen LogP contribution is 2.26. The third-order valence-electron chi connectivity index (χ3n) is 5.23. The number of aryl methyl sites for hydroxylation is 1. The minimum absolute atomic E-state index is 0.108. The first-order chi connectivity index (χ1) is 16.5. The predicted octanol–water partition coefficient (Wildman–Crippen LogP) is 4.55. The second-order valence-corrected chi connectivity index (χ2v) is 7.84. The fourth-order valence-corrected chi connectivity index (χ4v) is 3.40. The summed E-state index contributed by atoms with van der Waals surface area (Å²) in [6.45, 7) is 5.01. The topological polar surface area (TPSA) is 105 Å². The van der Waals surface area contributed by atoms with Gasteiger partial charge in [0, 0.05) is 31.1 Å². The number of furan rings is 1. The molecule has 1 unspecified atom stereocenters. The number of nitrogens with one attached hydrogen (secondary N) is 3. The Hall–Kier alpha value is -3.72. The minimum Gasteiger partial charge on any atom is -0.465 e. The van der Waals surface area contributed by atoms with Gasteiger partial charge in [-0.15, -0.1) is 4.91 Å². The Morgan fingerprint density at radius 3 is 2.47 bits per heavy atom. The Kier molecular flexibility index (Phi) is 9.16. The largest absolute Gasteiger partial charge is 0.465 e. The van der Waals surface area contributed by atoms with Gasteiger partial charge in [-0.3, -0.25) is 4.79 Å². The molecular weight excluding hydrogens is 439 g/mol.